The van der Waals surface area contributed by atoms with Gasteiger partial charge in [-0.25, -0.2) is 0 Å². The van der Waals surface area contributed by atoms with E-state index in [4.69, 9.17) is 10.5 Å². The highest BCUT2D eigenvalue weighted by molar-refractivity contribution is 4.82. The lowest BCUT2D eigenvalue weighted by Gasteiger charge is -2.37. The minimum absolute atomic E-state index is 0.310. The van der Waals surface area contributed by atoms with Crippen LogP contribution in [0.5, 0.6) is 0 Å². The van der Waals surface area contributed by atoms with Crippen molar-refractivity contribution in [2.24, 2.45) is 5.73 Å². The molecule has 2 N–H and O–H groups in total. The number of hydrogen-bond acceptors (Lipinski definition) is 4. The van der Waals surface area contributed by atoms with Crippen LogP contribution >= 0.6 is 0 Å². The van der Waals surface area contributed by atoms with Crippen LogP contribution in [0.15, 0.2) is 0 Å². The number of likely N-dealkylation sites (tertiary alicyclic amines) is 1. The topological polar surface area (TPSA) is 41.7 Å². The highest BCUT2D eigenvalue weighted by Gasteiger charge is 2.28. The number of nitrogens with zero attached hydrogens (tertiary/aromatic N) is 2. The zero-order valence-corrected chi connectivity index (χ0v) is 12.0. The summed E-state index contributed by atoms with van der Waals surface area (Å²) in [7, 11) is 2.26. The van der Waals surface area contributed by atoms with Gasteiger partial charge in [-0.2, -0.15) is 0 Å². The lowest BCUT2D eigenvalue weighted by molar-refractivity contribution is 0.0167. The summed E-state index contributed by atoms with van der Waals surface area (Å²) in [4.78, 5) is 5.05. The molecule has 0 spiro atoms. The first-order valence-corrected chi connectivity index (χ1v) is 7.51. The molecule has 2 unspecified atom stereocenters. The van der Waals surface area contributed by atoms with Crippen molar-refractivity contribution in [3.63, 3.8) is 0 Å². The van der Waals surface area contributed by atoms with E-state index in [0.717, 1.165) is 19.0 Å². The second kappa shape index (κ2) is 6.85. The van der Waals surface area contributed by atoms with Crippen molar-refractivity contribution in [2.45, 2.75) is 50.9 Å². The van der Waals surface area contributed by atoms with Crippen LogP contribution in [0.3, 0.4) is 0 Å². The Morgan fingerprint density at radius 2 is 1.83 bits per heavy atom. The van der Waals surface area contributed by atoms with Gasteiger partial charge in [-0.1, -0.05) is 6.92 Å². The molecular weight excluding hydrogens is 226 g/mol. The molecule has 2 aliphatic rings. The molecule has 0 saturated carbocycles. The Balaban J connectivity index is 1.70. The average molecular weight is 255 g/mol. The van der Waals surface area contributed by atoms with Crippen LogP contribution in [-0.4, -0.2) is 67.8 Å². The fourth-order valence-electron chi connectivity index (χ4n) is 3.23. The summed E-state index contributed by atoms with van der Waals surface area (Å²) in [6.45, 7) is 7.71. The number of nitrogens with two attached hydrogens (primary N) is 1. The van der Waals surface area contributed by atoms with Gasteiger partial charge in [0.2, 0.25) is 0 Å². The molecule has 106 valence electrons. The van der Waals surface area contributed by atoms with Crippen molar-refractivity contribution in [2.75, 3.05) is 39.8 Å². The zero-order chi connectivity index (χ0) is 13.0. The molecular formula is C14H29N3O. The number of rotatable bonds is 5. The number of ether oxygens (including phenoxy) is 1. The van der Waals surface area contributed by atoms with Gasteiger partial charge < -0.3 is 20.3 Å². The monoisotopic (exact) mass is 255 g/mol. The van der Waals surface area contributed by atoms with Crippen LogP contribution in [0.4, 0.5) is 0 Å². The Hall–Kier alpha value is -0.160. The normalized spacial score (nSPS) is 31.3. The first-order valence-electron chi connectivity index (χ1n) is 7.51. The number of piperidine rings is 1. The Bertz CT molecular complexity index is 241. The van der Waals surface area contributed by atoms with Crippen molar-refractivity contribution in [1.29, 1.82) is 0 Å². The lowest BCUT2D eigenvalue weighted by atomic mass is 10.0. The van der Waals surface area contributed by atoms with Gasteiger partial charge in [0.15, 0.2) is 0 Å². The molecule has 0 radical (unpaired) electrons. The maximum absolute atomic E-state index is 5.94. The molecule has 2 rings (SSSR count). The first-order chi connectivity index (χ1) is 8.72. The van der Waals surface area contributed by atoms with E-state index in [0.29, 0.717) is 18.8 Å². The molecule has 0 aromatic rings. The number of hydrogen-bond donors (Lipinski definition) is 1. The van der Waals surface area contributed by atoms with Crippen LogP contribution in [0.2, 0.25) is 0 Å². The van der Waals surface area contributed by atoms with Crippen LogP contribution in [-0.2, 0) is 4.74 Å². The quantitative estimate of drug-likeness (QED) is 0.793. The molecule has 0 aliphatic carbocycles. The third-order valence-corrected chi connectivity index (χ3v) is 4.58. The second-order valence-electron chi connectivity index (χ2n) is 5.80. The van der Waals surface area contributed by atoms with E-state index in [-0.39, 0.29) is 0 Å². The number of likely N-dealkylation sites (N-methyl/N-ethyl adjacent to an activating group) is 1. The first kappa shape index (κ1) is 14.3. The van der Waals surface area contributed by atoms with Crippen molar-refractivity contribution in [1.82, 2.24) is 9.80 Å². The Labute approximate surface area is 111 Å². The fourth-order valence-corrected chi connectivity index (χ4v) is 3.23. The van der Waals surface area contributed by atoms with Gasteiger partial charge in [-0.3, -0.25) is 0 Å². The molecule has 2 fully saturated rings. The molecule has 2 aliphatic heterocycles. The van der Waals surface area contributed by atoms with Gasteiger partial charge in [-0.15, -0.1) is 0 Å². The molecule has 4 heteroatoms. The van der Waals surface area contributed by atoms with E-state index < -0.39 is 0 Å². The minimum Gasteiger partial charge on any atom is -0.372 e. The Morgan fingerprint density at radius 1 is 1.17 bits per heavy atom. The van der Waals surface area contributed by atoms with Crippen LogP contribution in [0, 0.1) is 0 Å². The molecule has 18 heavy (non-hydrogen) atoms. The lowest BCUT2D eigenvalue weighted by Crippen LogP contribution is -2.45. The van der Waals surface area contributed by atoms with Gasteiger partial charge in [0.05, 0.1) is 12.2 Å². The van der Waals surface area contributed by atoms with Gasteiger partial charge in [0.1, 0.15) is 0 Å². The van der Waals surface area contributed by atoms with Crippen molar-refractivity contribution < 1.29 is 4.74 Å². The standard InChI is InChI=1S/C14H29N3O/c1-3-17-8-6-12(7-9-17)16(2)11-14-5-4-13(10-15)18-14/h12-14H,3-11,15H2,1-2H3. The van der Waals surface area contributed by atoms with Gasteiger partial charge >= 0.3 is 0 Å². The Kier molecular flexibility index (Phi) is 5.42. The molecule has 0 bridgehead atoms. The zero-order valence-electron chi connectivity index (χ0n) is 12.0. The molecule has 0 aromatic carbocycles. The molecule has 2 saturated heterocycles. The third kappa shape index (κ3) is 3.67. The summed E-state index contributed by atoms with van der Waals surface area (Å²) in [5.41, 5.74) is 5.66. The molecule has 2 heterocycles. The van der Waals surface area contributed by atoms with E-state index in [1.54, 1.807) is 0 Å². The van der Waals surface area contributed by atoms with Gasteiger partial charge in [0, 0.05) is 19.1 Å². The highest BCUT2D eigenvalue weighted by atomic mass is 16.5. The smallest absolute Gasteiger partial charge is 0.0707 e. The van der Waals surface area contributed by atoms with Crippen molar-refractivity contribution >= 4 is 0 Å². The van der Waals surface area contributed by atoms with E-state index in [9.17, 15) is 0 Å². The van der Waals surface area contributed by atoms with Crippen LogP contribution in [0.1, 0.15) is 32.6 Å². The highest BCUT2D eigenvalue weighted by Crippen LogP contribution is 2.22. The van der Waals surface area contributed by atoms with E-state index in [1.807, 2.05) is 0 Å². The van der Waals surface area contributed by atoms with E-state index in [2.05, 4.69) is 23.8 Å². The average Bonchev–Trinajstić information content (AvgIpc) is 2.86. The fraction of sp³-hybridized carbons (Fsp3) is 1.00. The van der Waals surface area contributed by atoms with Gasteiger partial charge in [0.25, 0.3) is 0 Å². The summed E-state index contributed by atoms with van der Waals surface area (Å²) >= 11 is 0. The third-order valence-electron chi connectivity index (χ3n) is 4.58. The molecule has 4 nitrogen and oxygen atoms in total. The second-order valence-corrected chi connectivity index (χ2v) is 5.80. The summed E-state index contributed by atoms with van der Waals surface area (Å²) in [5, 5.41) is 0. The minimum atomic E-state index is 0.310. The predicted octanol–water partition coefficient (Wildman–Crippen LogP) is 0.909. The molecule has 0 amide bonds. The molecule has 0 aromatic heterocycles. The maximum Gasteiger partial charge on any atom is 0.0707 e. The maximum atomic E-state index is 5.94. The summed E-state index contributed by atoms with van der Waals surface area (Å²) in [6, 6.07) is 0.744. The largest absolute Gasteiger partial charge is 0.372 e. The summed E-state index contributed by atoms with van der Waals surface area (Å²) < 4.78 is 5.94. The van der Waals surface area contributed by atoms with Crippen LogP contribution < -0.4 is 5.73 Å². The molecule has 2 atom stereocenters. The predicted molar refractivity (Wildman–Crippen MR) is 74.7 cm³/mol. The van der Waals surface area contributed by atoms with Crippen molar-refractivity contribution in [3.05, 3.63) is 0 Å². The van der Waals surface area contributed by atoms with Crippen molar-refractivity contribution in [3.8, 4) is 0 Å². The Morgan fingerprint density at radius 3 is 2.39 bits per heavy atom. The summed E-state index contributed by atoms with van der Waals surface area (Å²) in [5.74, 6) is 0. The summed E-state index contributed by atoms with van der Waals surface area (Å²) in [6.07, 6.45) is 5.65. The van der Waals surface area contributed by atoms with E-state index in [1.165, 1.54) is 38.9 Å². The van der Waals surface area contributed by atoms with Crippen LogP contribution in [0.25, 0.3) is 0 Å². The SMILES string of the molecule is CCN1CCC(N(C)CC2CCC(CN)O2)CC1. The van der Waals surface area contributed by atoms with E-state index >= 15 is 0 Å². The van der Waals surface area contributed by atoms with Gasteiger partial charge in [-0.05, 0) is 52.4 Å².